The molecule has 1 amide bonds. The first-order valence-electron chi connectivity index (χ1n) is 7.29. The van der Waals surface area contributed by atoms with E-state index in [2.05, 4.69) is 25.0 Å². The van der Waals surface area contributed by atoms with Gasteiger partial charge >= 0.3 is 5.97 Å². The molecule has 0 bridgehead atoms. The second kappa shape index (κ2) is 8.59. The van der Waals surface area contributed by atoms with Gasteiger partial charge in [0.1, 0.15) is 0 Å². The second-order valence-electron chi connectivity index (χ2n) is 5.00. The molecule has 1 heterocycles. The molecule has 0 unspecified atom stereocenters. The van der Waals surface area contributed by atoms with Crippen molar-refractivity contribution in [1.82, 2.24) is 10.2 Å². The molecule has 2 N–H and O–H groups in total. The molecule has 0 fully saturated rings. The lowest BCUT2D eigenvalue weighted by atomic mass is 10.2. The van der Waals surface area contributed by atoms with Crippen LogP contribution in [0.3, 0.4) is 0 Å². The molecule has 11 heteroatoms. The molecule has 2 rings (SSSR count). The Balaban J connectivity index is 2.00. The number of methoxy groups -OCH3 is 1. The summed E-state index contributed by atoms with van der Waals surface area (Å²) in [6, 6.07) is 8.28. The molecule has 138 valence electrons. The summed E-state index contributed by atoms with van der Waals surface area (Å²) in [6.07, 6.45) is -0.0790. The SMILES string of the molecule is COC(=O)CCC(=O)Nc1ccc(S(=O)(=O)Nc2ccc(Cl)nn2)cc1. The standard InChI is InChI=1S/C15H15ClN4O5S/c1-25-15(22)9-8-14(21)17-10-2-4-11(5-3-10)26(23,24)20-13-7-6-12(16)18-19-13/h2-7H,8-9H2,1H3,(H,17,21)(H,19,20). The number of nitrogens with zero attached hydrogens (tertiary/aromatic N) is 2. The molecule has 0 aliphatic rings. The van der Waals surface area contributed by atoms with Gasteiger partial charge in [-0.05, 0) is 36.4 Å². The first-order chi connectivity index (χ1) is 12.3. The van der Waals surface area contributed by atoms with Gasteiger partial charge in [0.15, 0.2) is 11.0 Å². The zero-order valence-corrected chi connectivity index (χ0v) is 15.2. The van der Waals surface area contributed by atoms with E-state index in [0.717, 1.165) is 0 Å². The fourth-order valence-electron chi connectivity index (χ4n) is 1.83. The van der Waals surface area contributed by atoms with Crippen molar-refractivity contribution in [2.75, 3.05) is 17.1 Å². The molecule has 0 saturated carbocycles. The Hall–Kier alpha value is -2.72. The number of anilines is 2. The molecule has 0 spiro atoms. The van der Waals surface area contributed by atoms with E-state index >= 15 is 0 Å². The number of carbonyl (C=O) groups is 2. The fraction of sp³-hybridized carbons (Fsp3) is 0.200. The lowest BCUT2D eigenvalue weighted by Gasteiger charge is -2.08. The number of carbonyl (C=O) groups excluding carboxylic acids is 2. The topological polar surface area (TPSA) is 127 Å². The highest BCUT2D eigenvalue weighted by Gasteiger charge is 2.15. The van der Waals surface area contributed by atoms with Crippen molar-refractivity contribution < 1.29 is 22.7 Å². The van der Waals surface area contributed by atoms with Crippen LogP contribution in [0.4, 0.5) is 11.5 Å². The smallest absolute Gasteiger partial charge is 0.306 e. The van der Waals surface area contributed by atoms with Gasteiger partial charge in [-0.25, -0.2) is 8.42 Å². The predicted octanol–water partition coefficient (Wildman–Crippen LogP) is 1.82. The zero-order valence-electron chi connectivity index (χ0n) is 13.6. The first-order valence-corrected chi connectivity index (χ1v) is 9.15. The molecule has 0 saturated heterocycles. The van der Waals surface area contributed by atoms with Gasteiger partial charge in [0.05, 0.1) is 18.4 Å². The number of halogens is 1. The Morgan fingerprint density at radius 3 is 2.35 bits per heavy atom. The summed E-state index contributed by atoms with van der Waals surface area (Å²) in [5.41, 5.74) is 0.394. The van der Waals surface area contributed by atoms with E-state index in [4.69, 9.17) is 11.6 Å². The minimum atomic E-state index is -3.87. The summed E-state index contributed by atoms with van der Waals surface area (Å²) >= 11 is 5.60. The average Bonchev–Trinajstić information content (AvgIpc) is 2.62. The third-order valence-electron chi connectivity index (χ3n) is 3.10. The van der Waals surface area contributed by atoms with E-state index in [9.17, 15) is 18.0 Å². The van der Waals surface area contributed by atoms with Crippen molar-refractivity contribution in [3.63, 3.8) is 0 Å². The number of hydrogen-bond acceptors (Lipinski definition) is 7. The Morgan fingerprint density at radius 1 is 1.08 bits per heavy atom. The molecule has 0 aliphatic carbocycles. The van der Waals surface area contributed by atoms with Gasteiger partial charge in [0.25, 0.3) is 10.0 Å². The predicted molar refractivity (Wildman–Crippen MR) is 94.2 cm³/mol. The van der Waals surface area contributed by atoms with Crippen molar-refractivity contribution in [1.29, 1.82) is 0 Å². The van der Waals surface area contributed by atoms with Crippen LogP contribution in [0, 0.1) is 0 Å². The van der Waals surface area contributed by atoms with Gasteiger partial charge in [-0.3, -0.25) is 14.3 Å². The van der Waals surface area contributed by atoms with Gasteiger partial charge in [0, 0.05) is 12.1 Å². The number of ether oxygens (including phenoxy) is 1. The Kier molecular flexibility index (Phi) is 6.47. The van der Waals surface area contributed by atoms with Crippen LogP contribution in [0.5, 0.6) is 0 Å². The normalized spacial score (nSPS) is 10.8. The third kappa shape index (κ3) is 5.67. The Morgan fingerprint density at radius 2 is 1.77 bits per heavy atom. The monoisotopic (exact) mass is 398 g/mol. The molecule has 26 heavy (non-hydrogen) atoms. The van der Waals surface area contributed by atoms with Crippen LogP contribution in [-0.2, 0) is 24.3 Å². The number of aromatic nitrogens is 2. The van der Waals surface area contributed by atoms with Gasteiger partial charge in [-0.1, -0.05) is 11.6 Å². The van der Waals surface area contributed by atoms with Crippen molar-refractivity contribution in [2.24, 2.45) is 0 Å². The first kappa shape index (κ1) is 19.6. The van der Waals surface area contributed by atoms with Crippen LogP contribution < -0.4 is 10.0 Å². The van der Waals surface area contributed by atoms with Crippen LogP contribution in [0.2, 0.25) is 5.15 Å². The van der Waals surface area contributed by atoms with E-state index < -0.39 is 16.0 Å². The quantitative estimate of drug-likeness (QED) is 0.681. The minimum Gasteiger partial charge on any atom is -0.469 e. The van der Waals surface area contributed by atoms with Crippen LogP contribution in [0.15, 0.2) is 41.3 Å². The molecular weight excluding hydrogens is 384 g/mol. The van der Waals surface area contributed by atoms with Gasteiger partial charge in [0.2, 0.25) is 5.91 Å². The number of sulfonamides is 1. The largest absolute Gasteiger partial charge is 0.469 e. The number of rotatable bonds is 7. The summed E-state index contributed by atoms with van der Waals surface area (Å²) in [6.45, 7) is 0. The summed E-state index contributed by atoms with van der Waals surface area (Å²) in [4.78, 5) is 22.7. The number of benzene rings is 1. The number of amides is 1. The van der Waals surface area contributed by atoms with E-state index in [1.54, 1.807) is 0 Å². The Labute approximate surface area is 154 Å². The van der Waals surface area contributed by atoms with E-state index in [1.165, 1.54) is 43.5 Å². The molecule has 2 aromatic rings. The molecule has 9 nitrogen and oxygen atoms in total. The molecule has 1 aromatic heterocycles. The lowest BCUT2D eigenvalue weighted by Crippen LogP contribution is -2.15. The van der Waals surface area contributed by atoms with E-state index in [-0.39, 0.29) is 34.6 Å². The summed E-state index contributed by atoms with van der Waals surface area (Å²) in [5.74, 6) is -0.854. The third-order valence-corrected chi connectivity index (χ3v) is 4.68. The maximum atomic E-state index is 12.3. The highest BCUT2D eigenvalue weighted by atomic mass is 35.5. The minimum absolute atomic E-state index is 0.0228. The number of nitrogens with one attached hydrogen (secondary N) is 2. The summed E-state index contributed by atoms with van der Waals surface area (Å²) < 4.78 is 31.3. The van der Waals surface area contributed by atoms with E-state index in [1.807, 2.05) is 0 Å². The van der Waals surface area contributed by atoms with Gasteiger partial charge in [-0.2, -0.15) is 0 Å². The van der Waals surface area contributed by atoms with Crippen LogP contribution in [0.1, 0.15) is 12.8 Å². The average molecular weight is 399 g/mol. The molecule has 0 radical (unpaired) electrons. The molecule has 1 aromatic carbocycles. The molecule has 0 aliphatic heterocycles. The highest BCUT2D eigenvalue weighted by molar-refractivity contribution is 7.92. The maximum Gasteiger partial charge on any atom is 0.306 e. The number of esters is 1. The summed E-state index contributed by atoms with van der Waals surface area (Å²) in [5, 5.41) is 9.86. The molecule has 0 atom stereocenters. The summed E-state index contributed by atoms with van der Waals surface area (Å²) in [7, 11) is -2.63. The van der Waals surface area contributed by atoms with Crippen LogP contribution in [-0.4, -0.2) is 37.6 Å². The van der Waals surface area contributed by atoms with Crippen molar-refractivity contribution >= 4 is 45.0 Å². The van der Waals surface area contributed by atoms with Gasteiger partial charge in [-0.15, -0.1) is 10.2 Å². The molecular formula is C15H15ClN4O5S. The van der Waals surface area contributed by atoms with Crippen molar-refractivity contribution in [3.05, 3.63) is 41.6 Å². The van der Waals surface area contributed by atoms with Crippen molar-refractivity contribution in [3.8, 4) is 0 Å². The lowest BCUT2D eigenvalue weighted by molar-refractivity contribution is -0.141. The van der Waals surface area contributed by atoms with Crippen LogP contribution in [0.25, 0.3) is 0 Å². The van der Waals surface area contributed by atoms with Gasteiger partial charge < -0.3 is 10.1 Å². The Bertz CT molecular complexity index is 885. The maximum absolute atomic E-state index is 12.3. The van der Waals surface area contributed by atoms with Crippen molar-refractivity contribution in [2.45, 2.75) is 17.7 Å². The zero-order chi connectivity index (χ0) is 19.2. The highest BCUT2D eigenvalue weighted by Crippen LogP contribution is 2.17. The van der Waals surface area contributed by atoms with E-state index in [0.29, 0.717) is 5.69 Å². The fourth-order valence-corrected chi connectivity index (χ4v) is 2.92. The van der Waals surface area contributed by atoms with Crippen LogP contribution >= 0.6 is 11.6 Å². The second-order valence-corrected chi connectivity index (χ2v) is 7.07. The number of hydrogen-bond donors (Lipinski definition) is 2.